The lowest BCUT2D eigenvalue weighted by atomic mass is 9.66. The minimum Gasteiger partial charge on any atom is -0.465 e. The maximum atomic E-state index is 14.7. The van der Waals surface area contributed by atoms with Crippen molar-refractivity contribution in [3.8, 4) is 0 Å². The van der Waals surface area contributed by atoms with E-state index < -0.39 is 41.1 Å². The van der Waals surface area contributed by atoms with Gasteiger partial charge >= 0.3 is 5.97 Å². The smallest absolute Gasteiger partial charge is 0.312 e. The van der Waals surface area contributed by atoms with Crippen molar-refractivity contribution in [2.45, 2.75) is 49.5 Å². The molecule has 4 fully saturated rings. The lowest BCUT2D eigenvalue weighted by Crippen LogP contribution is -2.58. The number of esters is 1. The van der Waals surface area contributed by atoms with Crippen molar-refractivity contribution >= 4 is 17.8 Å². The third-order valence-corrected chi connectivity index (χ3v) is 9.41. The standard InChI is InChI=1S/C32H43N3O7/c1-4-6-19-41-30(39)26-25-28(37)35(24(22-36)23-10-8-7-9-11-23)27(32(25)13-12-31(26,3)42-32)29(38)34(14-5-2)16-15-33-17-20-40-21-18-33/h4-5,7-11,24-27,36H,1-2,6,12-22H2,3H3/t24-,25+,26-,27?,31+,32?/m1/s1. The lowest BCUT2D eigenvalue weighted by Gasteiger charge is -2.40. The topological polar surface area (TPSA) is 109 Å². The first-order chi connectivity index (χ1) is 20.3. The Morgan fingerprint density at radius 3 is 2.60 bits per heavy atom. The molecule has 1 aromatic carbocycles. The first-order valence-electron chi connectivity index (χ1n) is 15.0. The molecule has 4 aliphatic heterocycles. The Hall–Kier alpha value is -3.05. The largest absolute Gasteiger partial charge is 0.465 e. The first kappa shape index (κ1) is 30.4. The van der Waals surface area contributed by atoms with Crippen LogP contribution in [0.4, 0.5) is 0 Å². The Bertz CT molecular complexity index is 1170. The van der Waals surface area contributed by atoms with Crippen LogP contribution in [0.2, 0.25) is 0 Å². The number of nitrogens with zero attached hydrogens (tertiary/aromatic N) is 3. The molecule has 4 saturated heterocycles. The molecule has 4 aliphatic rings. The Kier molecular flexibility index (Phi) is 9.17. The van der Waals surface area contributed by atoms with Gasteiger partial charge in [-0.2, -0.15) is 0 Å². The first-order valence-corrected chi connectivity index (χ1v) is 15.0. The summed E-state index contributed by atoms with van der Waals surface area (Å²) in [5, 5.41) is 10.7. The molecule has 6 atom stereocenters. The number of carbonyl (C=O) groups excluding carboxylic acids is 3. The number of carbonyl (C=O) groups is 3. The molecule has 1 aromatic rings. The normalized spacial score (nSPS) is 31.0. The van der Waals surface area contributed by atoms with E-state index in [0.29, 0.717) is 57.7 Å². The molecular formula is C32H43N3O7. The van der Waals surface area contributed by atoms with Gasteiger partial charge in [-0.05, 0) is 31.7 Å². The third kappa shape index (κ3) is 5.30. The minimum atomic E-state index is -1.22. The molecule has 1 N–H and O–H groups in total. The van der Waals surface area contributed by atoms with Crippen molar-refractivity contribution in [1.29, 1.82) is 0 Å². The maximum absolute atomic E-state index is 14.7. The molecular weight excluding hydrogens is 538 g/mol. The van der Waals surface area contributed by atoms with E-state index in [1.165, 1.54) is 4.90 Å². The van der Waals surface area contributed by atoms with Crippen LogP contribution in [-0.2, 0) is 28.6 Å². The Balaban J connectivity index is 1.53. The van der Waals surface area contributed by atoms with Crippen molar-refractivity contribution < 1.29 is 33.7 Å². The van der Waals surface area contributed by atoms with Gasteiger partial charge in [-0.15, -0.1) is 13.2 Å². The second-order valence-electron chi connectivity index (χ2n) is 11.9. The molecule has 42 heavy (non-hydrogen) atoms. The van der Waals surface area contributed by atoms with Crippen LogP contribution in [0.5, 0.6) is 0 Å². The van der Waals surface area contributed by atoms with Crippen molar-refractivity contribution in [2.75, 3.05) is 59.2 Å². The molecule has 0 saturated carbocycles. The molecule has 228 valence electrons. The molecule has 0 aliphatic carbocycles. The van der Waals surface area contributed by atoms with E-state index in [9.17, 15) is 19.5 Å². The fraction of sp³-hybridized carbons (Fsp3) is 0.594. The zero-order valence-electron chi connectivity index (χ0n) is 24.5. The van der Waals surface area contributed by atoms with Crippen LogP contribution in [0.3, 0.4) is 0 Å². The second-order valence-corrected chi connectivity index (χ2v) is 11.9. The number of hydrogen-bond acceptors (Lipinski definition) is 8. The third-order valence-electron chi connectivity index (χ3n) is 9.41. The van der Waals surface area contributed by atoms with Gasteiger partial charge in [-0.25, -0.2) is 0 Å². The van der Waals surface area contributed by atoms with Gasteiger partial charge in [0.2, 0.25) is 11.8 Å². The number of rotatable bonds is 13. The van der Waals surface area contributed by atoms with Crippen molar-refractivity contribution in [2.24, 2.45) is 11.8 Å². The maximum Gasteiger partial charge on any atom is 0.312 e. The van der Waals surface area contributed by atoms with E-state index in [2.05, 4.69) is 18.1 Å². The van der Waals surface area contributed by atoms with Crippen molar-refractivity contribution in [3.63, 3.8) is 0 Å². The van der Waals surface area contributed by atoms with E-state index in [1.807, 2.05) is 37.3 Å². The minimum absolute atomic E-state index is 0.160. The van der Waals surface area contributed by atoms with Gasteiger partial charge in [0.05, 0.1) is 44.0 Å². The second kappa shape index (κ2) is 12.7. The Morgan fingerprint density at radius 2 is 1.93 bits per heavy atom. The molecule has 0 radical (unpaired) electrons. The average molecular weight is 582 g/mol. The summed E-state index contributed by atoms with van der Waals surface area (Å²) in [6, 6.07) is 7.39. The monoisotopic (exact) mass is 581 g/mol. The predicted octanol–water partition coefficient (Wildman–Crippen LogP) is 1.95. The Labute approximate surface area is 247 Å². The van der Waals surface area contributed by atoms with Gasteiger partial charge in [-0.1, -0.05) is 42.5 Å². The lowest BCUT2D eigenvalue weighted by molar-refractivity contribution is -0.162. The van der Waals surface area contributed by atoms with E-state index in [1.54, 1.807) is 17.1 Å². The van der Waals surface area contributed by atoms with Crippen LogP contribution in [0.1, 0.15) is 37.8 Å². The summed E-state index contributed by atoms with van der Waals surface area (Å²) < 4.78 is 17.8. The summed E-state index contributed by atoms with van der Waals surface area (Å²) in [5.74, 6) is -2.89. The SMILES string of the molecule is C=CCCOC(=O)[C@H]1[C@H]2C(=O)N([C@H](CO)c3ccccc3)C(C(=O)N(CC=C)CCN3CCOCC3)C23CC[C@]1(C)O3. The van der Waals surface area contributed by atoms with Gasteiger partial charge in [0, 0.05) is 32.7 Å². The molecule has 1 spiro atoms. The molecule has 10 nitrogen and oxygen atoms in total. The zero-order valence-corrected chi connectivity index (χ0v) is 24.5. The van der Waals surface area contributed by atoms with E-state index >= 15 is 0 Å². The summed E-state index contributed by atoms with van der Waals surface area (Å²) in [4.78, 5) is 48.2. The van der Waals surface area contributed by atoms with Crippen LogP contribution in [0, 0.1) is 11.8 Å². The number of hydrogen-bond donors (Lipinski definition) is 1. The van der Waals surface area contributed by atoms with E-state index in [4.69, 9.17) is 14.2 Å². The van der Waals surface area contributed by atoms with Crippen LogP contribution >= 0.6 is 0 Å². The molecule has 5 rings (SSSR count). The van der Waals surface area contributed by atoms with Crippen molar-refractivity contribution in [3.05, 3.63) is 61.2 Å². The molecule has 2 unspecified atom stereocenters. The number of fused-ring (bicyclic) bond motifs is 1. The summed E-state index contributed by atoms with van der Waals surface area (Å²) in [6.07, 6.45) is 4.80. The highest BCUT2D eigenvalue weighted by Gasteiger charge is 2.79. The number of morpholine rings is 1. The van der Waals surface area contributed by atoms with Gasteiger partial charge in [-0.3, -0.25) is 19.3 Å². The highest BCUT2D eigenvalue weighted by molar-refractivity contribution is 5.98. The van der Waals surface area contributed by atoms with Crippen LogP contribution in [0.15, 0.2) is 55.6 Å². The van der Waals surface area contributed by atoms with Gasteiger partial charge in [0.25, 0.3) is 0 Å². The molecule has 0 aromatic heterocycles. The highest BCUT2D eigenvalue weighted by Crippen LogP contribution is 2.64. The fourth-order valence-electron chi connectivity index (χ4n) is 7.41. The predicted molar refractivity (Wildman–Crippen MR) is 155 cm³/mol. The summed E-state index contributed by atoms with van der Waals surface area (Å²) >= 11 is 0. The number of ether oxygens (including phenoxy) is 3. The highest BCUT2D eigenvalue weighted by atomic mass is 16.6. The van der Waals surface area contributed by atoms with E-state index in [-0.39, 0.29) is 25.0 Å². The number of benzene rings is 1. The van der Waals surface area contributed by atoms with Crippen LogP contribution < -0.4 is 0 Å². The molecule has 4 heterocycles. The van der Waals surface area contributed by atoms with Gasteiger partial charge in [0.15, 0.2) is 0 Å². The number of amides is 2. The molecule has 2 amide bonds. The summed E-state index contributed by atoms with van der Waals surface area (Å²) in [5.41, 5.74) is -1.45. The molecule has 2 bridgehead atoms. The number of aliphatic hydroxyl groups is 1. The fourth-order valence-corrected chi connectivity index (χ4v) is 7.41. The Morgan fingerprint density at radius 1 is 1.19 bits per heavy atom. The number of likely N-dealkylation sites (tertiary alicyclic amines) is 1. The van der Waals surface area contributed by atoms with Crippen molar-refractivity contribution in [1.82, 2.24) is 14.7 Å². The van der Waals surface area contributed by atoms with Gasteiger partial charge in [0.1, 0.15) is 17.6 Å². The molecule has 10 heteroatoms. The summed E-state index contributed by atoms with van der Waals surface area (Å²) in [6.45, 7) is 13.4. The zero-order chi connectivity index (χ0) is 29.9. The quantitative estimate of drug-likeness (QED) is 0.214. The van der Waals surface area contributed by atoms with E-state index in [0.717, 1.165) is 13.1 Å². The average Bonchev–Trinajstić information content (AvgIpc) is 3.57. The summed E-state index contributed by atoms with van der Waals surface area (Å²) in [7, 11) is 0. The number of aliphatic hydroxyl groups excluding tert-OH is 1. The van der Waals surface area contributed by atoms with Crippen LogP contribution in [-0.4, -0.2) is 114 Å². The van der Waals surface area contributed by atoms with Crippen LogP contribution in [0.25, 0.3) is 0 Å². The van der Waals surface area contributed by atoms with Gasteiger partial charge < -0.3 is 29.1 Å².